The normalized spacial score (nSPS) is 18.0. The summed E-state index contributed by atoms with van der Waals surface area (Å²) >= 11 is 0. The summed E-state index contributed by atoms with van der Waals surface area (Å²) in [6.07, 6.45) is 0. The molecule has 0 spiro atoms. The molecule has 3 heterocycles. The molecule has 1 aliphatic rings. The highest BCUT2D eigenvalue weighted by Crippen LogP contribution is 2.18. The Bertz CT molecular complexity index is 969. The van der Waals surface area contributed by atoms with Gasteiger partial charge in [-0.25, -0.2) is 4.98 Å². The highest BCUT2D eigenvalue weighted by molar-refractivity contribution is 5.85. The van der Waals surface area contributed by atoms with E-state index in [-0.39, 0.29) is 30.6 Å². The molecule has 0 bridgehead atoms. The zero-order chi connectivity index (χ0) is 17.4. The largest absolute Gasteiger partial charge is 0.337 e. The van der Waals surface area contributed by atoms with Gasteiger partial charge in [-0.1, -0.05) is 17.3 Å². The highest BCUT2D eigenvalue weighted by Gasteiger charge is 2.25. The number of fused-ring (bicyclic) bond motifs is 1. The van der Waals surface area contributed by atoms with Crippen molar-refractivity contribution < 1.29 is 4.52 Å². The average Bonchev–Trinajstić information content (AvgIpc) is 3.07. The third kappa shape index (κ3) is 3.35. The summed E-state index contributed by atoms with van der Waals surface area (Å²) < 4.78 is 6.96. The van der Waals surface area contributed by atoms with Gasteiger partial charge in [-0.2, -0.15) is 4.98 Å². The third-order valence-electron chi connectivity index (χ3n) is 4.64. The fraction of sp³-hybridized carbons (Fsp3) is 0.412. The second kappa shape index (κ2) is 7.53. The zero-order valence-corrected chi connectivity index (χ0v) is 15.5. The lowest BCUT2D eigenvalue weighted by molar-refractivity contribution is 0.190. The summed E-state index contributed by atoms with van der Waals surface area (Å²) in [6.45, 7) is 4.70. The van der Waals surface area contributed by atoms with Gasteiger partial charge in [0.1, 0.15) is 12.4 Å². The fourth-order valence-corrected chi connectivity index (χ4v) is 3.16. The number of nitrogens with zero attached hydrogens (tertiary/aromatic N) is 5. The molecule has 138 valence electrons. The molecule has 1 N–H and O–H groups in total. The Labute approximate surface area is 156 Å². The van der Waals surface area contributed by atoms with Crippen LogP contribution in [0.1, 0.15) is 23.6 Å². The summed E-state index contributed by atoms with van der Waals surface area (Å²) in [4.78, 5) is 23.9. The van der Waals surface area contributed by atoms with E-state index < -0.39 is 0 Å². The number of nitrogens with one attached hydrogen (secondary N) is 1. The number of aromatic nitrogens is 4. The minimum Gasteiger partial charge on any atom is -0.337 e. The number of hydrogen-bond donors (Lipinski definition) is 1. The molecule has 9 heteroatoms. The van der Waals surface area contributed by atoms with E-state index in [2.05, 4.69) is 25.3 Å². The van der Waals surface area contributed by atoms with Crippen LogP contribution in [-0.2, 0) is 6.54 Å². The van der Waals surface area contributed by atoms with Crippen LogP contribution in [0.25, 0.3) is 10.9 Å². The van der Waals surface area contributed by atoms with Crippen molar-refractivity contribution in [3.8, 4) is 0 Å². The Kier molecular flexibility index (Phi) is 5.36. The van der Waals surface area contributed by atoms with Crippen LogP contribution in [0.5, 0.6) is 0 Å². The molecule has 1 unspecified atom stereocenters. The number of halogens is 1. The smallest absolute Gasteiger partial charge is 0.261 e. The predicted molar refractivity (Wildman–Crippen MR) is 99.6 cm³/mol. The lowest BCUT2D eigenvalue weighted by Gasteiger charge is -2.30. The molecule has 1 aliphatic heterocycles. The average molecular weight is 377 g/mol. The highest BCUT2D eigenvalue weighted by atomic mass is 35.5. The molecule has 1 fully saturated rings. The molecule has 0 amide bonds. The molecule has 26 heavy (non-hydrogen) atoms. The van der Waals surface area contributed by atoms with Crippen molar-refractivity contribution in [3.63, 3.8) is 0 Å². The summed E-state index contributed by atoms with van der Waals surface area (Å²) in [6, 6.07) is 7.41. The fourth-order valence-electron chi connectivity index (χ4n) is 3.16. The van der Waals surface area contributed by atoms with Crippen molar-refractivity contribution >= 4 is 23.3 Å². The van der Waals surface area contributed by atoms with Crippen LogP contribution in [0.15, 0.2) is 33.6 Å². The molecule has 1 aromatic carbocycles. The molecule has 0 saturated carbocycles. The van der Waals surface area contributed by atoms with Crippen molar-refractivity contribution in [2.24, 2.45) is 0 Å². The Balaban J connectivity index is 0.00000196. The van der Waals surface area contributed by atoms with Gasteiger partial charge in [-0.15, -0.1) is 12.4 Å². The van der Waals surface area contributed by atoms with Gasteiger partial charge in [-0.3, -0.25) is 14.3 Å². The van der Waals surface area contributed by atoms with Crippen molar-refractivity contribution in [3.05, 3.63) is 52.2 Å². The lowest BCUT2D eigenvalue weighted by Crippen LogP contribution is -2.44. The van der Waals surface area contributed by atoms with Gasteiger partial charge in [0.25, 0.3) is 5.56 Å². The van der Waals surface area contributed by atoms with Crippen LogP contribution in [0, 0.1) is 6.92 Å². The summed E-state index contributed by atoms with van der Waals surface area (Å²) in [5, 5.41) is 8.02. The summed E-state index contributed by atoms with van der Waals surface area (Å²) in [5.41, 5.74) is 0.599. The van der Waals surface area contributed by atoms with Crippen molar-refractivity contribution in [1.82, 2.24) is 29.9 Å². The van der Waals surface area contributed by atoms with Gasteiger partial charge in [0.05, 0.1) is 16.9 Å². The number of likely N-dealkylation sites (N-methyl/N-ethyl adjacent to an activating group) is 1. The molecular formula is C17H21ClN6O2. The maximum atomic E-state index is 12.7. The first-order chi connectivity index (χ1) is 12.1. The SMILES string of the molecule is Cc1nc2ccccc2c(=O)n1Cc1nc(C2CNCCN2C)no1.Cl. The van der Waals surface area contributed by atoms with E-state index in [9.17, 15) is 4.79 Å². The lowest BCUT2D eigenvalue weighted by atomic mass is 10.2. The van der Waals surface area contributed by atoms with Crippen molar-refractivity contribution in [2.75, 3.05) is 26.7 Å². The van der Waals surface area contributed by atoms with Crippen LogP contribution in [0.3, 0.4) is 0 Å². The zero-order valence-electron chi connectivity index (χ0n) is 14.7. The molecule has 2 aromatic heterocycles. The summed E-state index contributed by atoms with van der Waals surface area (Å²) in [7, 11) is 2.05. The van der Waals surface area contributed by atoms with Crippen LogP contribution in [0.4, 0.5) is 0 Å². The van der Waals surface area contributed by atoms with Gasteiger partial charge >= 0.3 is 0 Å². The van der Waals surface area contributed by atoms with E-state index in [1.165, 1.54) is 0 Å². The molecule has 0 radical (unpaired) electrons. The van der Waals surface area contributed by atoms with Crippen LogP contribution < -0.4 is 10.9 Å². The van der Waals surface area contributed by atoms with E-state index in [4.69, 9.17) is 4.52 Å². The number of para-hydroxylation sites is 1. The van der Waals surface area contributed by atoms with Crippen molar-refractivity contribution in [2.45, 2.75) is 19.5 Å². The molecule has 3 aromatic rings. The van der Waals surface area contributed by atoms with E-state index in [1.54, 1.807) is 10.6 Å². The Morgan fingerprint density at radius 2 is 2.12 bits per heavy atom. The van der Waals surface area contributed by atoms with E-state index >= 15 is 0 Å². The molecule has 4 rings (SSSR count). The second-order valence-electron chi connectivity index (χ2n) is 6.31. The number of benzene rings is 1. The first kappa shape index (κ1) is 18.5. The van der Waals surface area contributed by atoms with E-state index in [0.29, 0.717) is 28.4 Å². The maximum absolute atomic E-state index is 12.7. The Hall–Kier alpha value is -2.29. The first-order valence-corrected chi connectivity index (χ1v) is 8.33. The van der Waals surface area contributed by atoms with E-state index in [0.717, 1.165) is 19.6 Å². The van der Waals surface area contributed by atoms with Crippen molar-refractivity contribution in [1.29, 1.82) is 0 Å². The quantitative estimate of drug-likeness (QED) is 0.733. The van der Waals surface area contributed by atoms with Gasteiger partial charge in [0.15, 0.2) is 5.82 Å². The second-order valence-corrected chi connectivity index (χ2v) is 6.31. The molecule has 8 nitrogen and oxygen atoms in total. The van der Waals surface area contributed by atoms with Crippen LogP contribution >= 0.6 is 12.4 Å². The Morgan fingerprint density at radius 1 is 1.31 bits per heavy atom. The number of piperazine rings is 1. The third-order valence-corrected chi connectivity index (χ3v) is 4.64. The van der Waals surface area contributed by atoms with Gasteiger partial charge in [0, 0.05) is 19.6 Å². The topological polar surface area (TPSA) is 89.1 Å². The molecule has 1 saturated heterocycles. The minimum atomic E-state index is -0.0979. The van der Waals surface area contributed by atoms with Gasteiger partial charge in [-0.05, 0) is 26.1 Å². The standard InChI is InChI=1S/C17H20N6O2.ClH/c1-11-19-13-6-4-3-5-12(13)17(24)23(11)10-15-20-16(21-25-15)14-9-18-7-8-22(14)2;/h3-6,14,18H,7-10H2,1-2H3;1H. The number of rotatable bonds is 3. The number of aryl methyl sites for hydroxylation is 1. The molecular weight excluding hydrogens is 356 g/mol. The van der Waals surface area contributed by atoms with E-state index in [1.807, 2.05) is 32.2 Å². The predicted octanol–water partition coefficient (Wildman–Crippen LogP) is 1.13. The maximum Gasteiger partial charge on any atom is 0.261 e. The monoisotopic (exact) mass is 376 g/mol. The van der Waals surface area contributed by atoms with Gasteiger partial charge in [0.2, 0.25) is 5.89 Å². The first-order valence-electron chi connectivity index (χ1n) is 8.33. The summed E-state index contributed by atoms with van der Waals surface area (Å²) in [5.74, 6) is 1.68. The molecule has 0 aliphatic carbocycles. The van der Waals surface area contributed by atoms with Crippen LogP contribution in [0.2, 0.25) is 0 Å². The molecule has 1 atom stereocenters. The Morgan fingerprint density at radius 3 is 2.92 bits per heavy atom. The van der Waals surface area contributed by atoms with Crippen LogP contribution in [-0.4, -0.2) is 51.3 Å². The minimum absolute atomic E-state index is 0. The van der Waals surface area contributed by atoms with Gasteiger partial charge < -0.3 is 9.84 Å². The number of hydrogen-bond acceptors (Lipinski definition) is 7.